The van der Waals surface area contributed by atoms with Crippen LogP contribution in [0.2, 0.25) is 5.02 Å². The van der Waals surface area contributed by atoms with Gasteiger partial charge in [0.15, 0.2) is 5.78 Å². The van der Waals surface area contributed by atoms with Crippen molar-refractivity contribution in [2.45, 2.75) is 31.7 Å². The van der Waals surface area contributed by atoms with Crippen LogP contribution < -0.4 is 5.32 Å². The van der Waals surface area contributed by atoms with Crippen LogP contribution in [-0.4, -0.2) is 27.7 Å². The van der Waals surface area contributed by atoms with Gasteiger partial charge in [-0.25, -0.2) is 0 Å². The van der Waals surface area contributed by atoms with Gasteiger partial charge in [-0.15, -0.1) is 0 Å². The van der Waals surface area contributed by atoms with Crippen LogP contribution in [0.3, 0.4) is 0 Å². The summed E-state index contributed by atoms with van der Waals surface area (Å²) >= 11 is 5.93. The first-order valence-electron chi connectivity index (χ1n) is 6.25. The van der Waals surface area contributed by atoms with Gasteiger partial charge in [0, 0.05) is 0 Å². The SMILES string of the molecule is CC(=O)C(NC(=O)CS(=O)c1ccccc1Cl)C(C)C. The smallest absolute Gasteiger partial charge is 0.233 e. The average molecular weight is 316 g/mol. The third-order valence-electron chi connectivity index (χ3n) is 2.77. The van der Waals surface area contributed by atoms with E-state index in [0.717, 1.165) is 0 Å². The Kier molecular flexibility index (Phi) is 6.36. The molecule has 20 heavy (non-hydrogen) atoms. The van der Waals surface area contributed by atoms with Crippen LogP contribution in [-0.2, 0) is 20.4 Å². The molecule has 2 unspecified atom stereocenters. The standard InChI is InChI=1S/C14H18ClNO3S/c1-9(2)14(10(3)17)16-13(18)8-20(19)12-7-5-4-6-11(12)15/h4-7,9,14H,8H2,1-3H3,(H,16,18). The number of nitrogens with one attached hydrogen (secondary N) is 1. The molecule has 0 radical (unpaired) electrons. The Morgan fingerprint density at radius 3 is 2.40 bits per heavy atom. The van der Waals surface area contributed by atoms with Crippen LogP contribution in [0.15, 0.2) is 29.2 Å². The predicted molar refractivity (Wildman–Crippen MR) is 80.2 cm³/mol. The number of hydrogen-bond acceptors (Lipinski definition) is 3. The van der Waals surface area contributed by atoms with E-state index in [1.807, 2.05) is 13.8 Å². The lowest BCUT2D eigenvalue weighted by Crippen LogP contribution is -2.45. The Labute approximate surface area is 126 Å². The first-order chi connectivity index (χ1) is 9.32. The number of rotatable bonds is 6. The van der Waals surface area contributed by atoms with Gasteiger partial charge in [-0.1, -0.05) is 37.6 Å². The van der Waals surface area contributed by atoms with Gasteiger partial charge in [-0.05, 0) is 25.0 Å². The Bertz CT molecular complexity index is 531. The van der Waals surface area contributed by atoms with Crippen molar-refractivity contribution in [2.24, 2.45) is 5.92 Å². The van der Waals surface area contributed by atoms with E-state index in [4.69, 9.17) is 11.6 Å². The van der Waals surface area contributed by atoms with Crippen LogP contribution in [0.5, 0.6) is 0 Å². The second kappa shape index (κ2) is 7.55. The van der Waals surface area contributed by atoms with Gasteiger partial charge in [-0.3, -0.25) is 13.8 Å². The van der Waals surface area contributed by atoms with E-state index in [2.05, 4.69) is 5.32 Å². The Morgan fingerprint density at radius 2 is 1.90 bits per heavy atom. The highest BCUT2D eigenvalue weighted by atomic mass is 35.5. The third-order valence-corrected chi connectivity index (χ3v) is 4.58. The van der Waals surface area contributed by atoms with E-state index in [1.54, 1.807) is 24.3 Å². The second-order valence-electron chi connectivity index (χ2n) is 4.82. The normalized spacial score (nSPS) is 13.8. The van der Waals surface area contributed by atoms with Crippen molar-refractivity contribution in [3.05, 3.63) is 29.3 Å². The maximum Gasteiger partial charge on any atom is 0.233 e. The lowest BCUT2D eigenvalue weighted by molar-refractivity contribution is -0.126. The number of Topliss-reactive ketones (excluding diaryl/α,β-unsaturated/α-hetero) is 1. The van der Waals surface area contributed by atoms with Gasteiger partial charge < -0.3 is 5.32 Å². The summed E-state index contributed by atoms with van der Waals surface area (Å²) in [6.07, 6.45) is 0. The van der Waals surface area contributed by atoms with E-state index in [1.165, 1.54) is 6.92 Å². The van der Waals surface area contributed by atoms with E-state index in [-0.39, 0.29) is 17.5 Å². The minimum absolute atomic E-state index is 0.00908. The fourth-order valence-electron chi connectivity index (χ4n) is 1.78. The molecule has 110 valence electrons. The van der Waals surface area contributed by atoms with Crippen LogP contribution in [0.1, 0.15) is 20.8 Å². The molecule has 1 amide bonds. The second-order valence-corrected chi connectivity index (χ2v) is 6.65. The number of carbonyl (C=O) groups excluding carboxylic acids is 2. The number of carbonyl (C=O) groups is 2. The quantitative estimate of drug-likeness (QED) is 0.875. The van der Waals surface area contributed by atoms with Crippen molar-refractivity contribution in [2.75, 3.05) is 5.75 Å². The summed E-state index contributed by atoms with van der Waals surface area (Å²) in [5, 5.41) is 2.98. The number of ketones is 1. The maximum atomic E-state index is 12.1. The number of halogens is 1. The Balaban J connectivity index is 2.69. The predicted octanol–water partition coefficient (Wildman–Crippen LogP) is 2.18. The molecule has 0 bridgehead atoms. The van der Waals surface area contributed by atoms with Crippen LogP contribution in [0.4, 0.5) is 0 Å². The van der Waals surface area contributed by atoms with E-state index >= 15 is 0 Å². The Hall–Kier alpha value is -1.20. The van der Waals surface area contributed by atoms with Crippen molar-refractivity contribution in [1.82, 2.24) is 5.32 Å². The molecule has 1 rings (SSSR count). The molecule has 2 atom stereocenters. The highest BCUT2D eigenvalue weighted by Gasteiger charge is 2.22. The highest BCUT2D eigenvalue weighted by molar-refractivity contribution is 7.85. The van der Waals surface area contributed by atoms with Gasteiger partial charge in [0.2, 0.25) is 5.91 Å². The van der Waals surface area contributed by atoms with Crippen LogP contribution in [0.25, 0.3) is 0 Å². The van der Waals surface area contributed by atoms with Gasteiger partial charge in [0.1, 0.15) is 5.75 Å². The van der Waals surface area contributed by atoms with E-state index < -0.39 is 22.7 Å². The summed E-state index contributed by atoms with van der Waals surface area (Å²) in [6.45, 7) is 5.12. The summed E-state index contributed by atoms with van der Waals surface area (Å²) in [6, 6.07) is 6.14. The molecular weight excluding hydrogens is 298 g/mol. The number of benzene rings is 1. The largest absolute Gasteiger partial charge is 0.345 e. The summed E-state index contributed by atoms with van der Waals surface area (Å²) in [7, 11) is -1.52. The molecule has 1 N–H and O–H groups in total. The molecule has 1 aromatic rings. The zero-order chi connectivity index (χ0) is 15.3. The molecule has 0 aliphatic carbocycles. The number of hydrogen-bond donors (Lipinski definition) is 1. The number of amides is 1. The fraction of sp³-hybridized carbons (Fsp3) is 0.429. The zero-order valence-electron chi connectivity index (χ0n) is 11.7. The van der Waals surface area contributed by atoms with Crippen LogP contribution >= 0.6 is 11.6 Å². The molecule has 4 nitrogen and oxygen atoms in total. The summed E-state index contributed by atoms with van der Waals surface area (Å²) in [5.74, 6) is -0.750. The minimum Gasteiger partial charge on any atom is -0.345 e. The average Bonchev–Trinajstić information content (AvgIpc) is 2.35. The Morgan fingerprint density at radius 1 is 1.30 bits per heavy atom. The molecule has 0 aliphatic rings. The molecule has 0 saturated carbocycles. The monoisotopic (exact) mass is 315 g/mol. The summed E-state index contributed by atoms with van der Waals surface area (Å²) in [5.41, 5.74) is 0. The van der Waals surface area contributed by atoms with Crippen molar-refractivity contribution in [1.29, 1.82) is 0 Å². The first-order valence-corrected chi connectivity index (χ1v) is 7.95. The minimum atomic E-state index is -1.52. The van der Waals surface area contributed by atoms with Crippen molar-refractivity contribution >= 4 is 34.1 Å². The first kappa shape index (κ1) is 16.9. The zero-order valence-corrected chi connectivity index (χ0v) is 13.3. The maximum absolute atomic E-state index is 12.1. The molecule has 1 aromatic carbocycles. The molecular formula is C14H18ClNO3S. The van der Waals surface area contributed by atoms with Gasteiger partial charge in [-0.2, -0.15) is 0 Å². The molecule has 6 heteroatoms. The van der Waals surface area contributed by atoms with Crippen molar-refractivity contribution in [3.8, 4) is 0 Å². The third kappa shape index (κ3) is 4.72. The molecule has 0 spiro atoms. The lowest BCUT2D eigenvalue weighted by atomic mass is 10.0. The van der Waals surface area contributed by atoms with Crippen molar-refractivity contribution in [3.63, 3.8) is 0 Å². The molecule has 0 aliphatic heterocycles. The highest BCUT2D eigenvalue weighted by Crippen LogP contribution is 2.18. The van der Waals surface area contributed by atoms with E-state index in [0.29, 0.717) is 9.92 Å². The molecule has 0 heterocycles. The topological polar surface area (TPSA) is 63.2 Å². The van der Waals surface area contributed by atoms with Gasteiger partial charge in [0.25, 0.3) is 0 Å². The van der Waals surface area contributed by atoms with Crippen LogP contribution in [0, 0.1) is 5.92 Å². The molecule has 0 aromatic heterocycles. The molecule has 0 fully saturated rings. The fourth-order valence-corrected chi connectivity index (χ4v) is 3.17. The summed E-state index contributed by atoms with van der Waals surface area (Å²) < 4.78 is 12.1. The summed E-state index contributed by atoms with van der Waals surface area (Å²) in [4.78, 5) is 23.7. The van der Waals surface area contributed by atoms with Gasteiger partial charge >= 0.3 is 0 Å². The van der Waals surface area contributed by atoms with Gasteiger partial charge in [0.05, 0.1) is 26.8 Å². The lowest BCUT2D eigenvalue weighted by Gasteiger charge is -2.19. The molecule has 0 saturated heterocycles. The van der Waals surface area contributed by atoms with Crippen molar-refractivity contribution < 1.29 is 13.8 Å². The van der Waals surface area contributed by atoms with E-state index in [9.17, 15) is 13.8 Å².